The SMILES string of the molecule is O=C(O)/C=C/c1c(Cl)cc(O)cc1Cl. The summed E-state index contributed by atoms with van der Waals surface area (Å²) in [5, 5.41) is 17.9. The Hall–Kier alpha value is -1.19. The lowest BCUT2D eigenvalue weighted by molar-refractivity contribution is -0.131. The third kappa shape index (κ3) is 2.65. The highest BCUT2D eigenvalue weighted by Crippen LogP contribution is 2.30. The van der Waals surface area contributed by atoms with E-state index in [0.717, 1.165) is 6.08 Å². The molecule has 0 aliphatic heterocycles. The van der Waals surface area contributed by atoms with Crippen LogP contribution in [0.25, 0.3) is 6.08 Å². The average Bonchev–Trinajstić information content (AvgIpc) is 2.01. The molecule has 0 unspecified atom stereocenters. The molecule has 0 saturated carbocycles. The third-order valence-corrected chi connectivity index (χ3v) is 2.08. The van der Waals surface area contributed by atoms with Gasteiger partial charge in [0.2, 0.25) is 0 Å². The second-order valence-electron chi connectivity index (χ2n) is 2.49. The van der Waals surface area contributed by atoms with Crippen molar-refractivity contribution in [2.24, 2.45) is 0 Å². The third-order valence-electron chi connectivity index (χ3n) is 1.46. The van der Waals surface area contributed by atoms with Crippen LogP contribution >= 0.6 is 23.2 Å². The van der Waals surface area contributed by atoms with Crippen molar-refractivity contribution < 1.29 is 15.0 Å². The van der Waals surface area contributed by atoms with E-state index < -0.39 is 5.97 Å². The molecule has 0 radical (unpaired) electrons. The highest BCUT2D eigenvalue weighted by Gasteiger charge is 2.05. The Labute approximate surface area is 90.2 Å². The van der Waals surface area contributed by atoms with Crippen LogP contribution in [0, 0.1) is 0 Å². The van der Waals surface area contributed by atoms with Crippen LogP contribution < -0.4 is 0 Å². The van der Waals surface area contributed by atoms with Gasteiger partial charge in [-0.1, -0.05) is 23.2 Å². The zero-order valence-corrected chi connectivity index (χ0v) is 8.38. The smallest absolute Gasteiger partial charge is 0.328 e. The van der Waals surface area contributed by atoms with E-state index in [-0.39, 0.29) is 15.8 Å². The lowest BCUT2D eigenvalue weighted by Crippen LogP contribution is -1.86. The van der Waals surface area contributed by atoms with Crippen molar-refractivity contribution in [3.63, 3.8) is 0 Å². The van der Waals surface area contributed by atoms with E-state index in [1.54, 1.807) is 0 Å². The summed E-state index contributed by atoms with van der Waals surface area (Å²) in [6, 6.07) is 2.57. The number of carboxylic acids is 1. The molecule has 0 aliphatic carbocycles. The topological polar surface area (TPSA) is 57.5 Å². The van der Waals surface area contributed by atoms with Gasteiger partial charge in [0.1, 0.15) is 5.75 Å². The van der Waals surface area contributed by atoms with E-state index in [2.05, 4.69) is 0 Å². The number of aromatic hydroxyl groups is 1. The maximum absolute atomic E-state index is 10.2. The van der Waals surface area contributed by atoms with Crippen molar-refractivity contribution in [3.05, 3.63) is 33.8 Å². The second-order valence-corrected chi connectivity index (χ2v) is 3.31. The number of phenols is 1. The average molecular weight is 233 g/mol. The number of carboxylic acid groups (broad SMARTS) is 1. The summed E-state index contributed by atoms with van der Waals surface area (Å²) in [5.41, 5.74) is 0.369. The lowest BCUT2D eigenvalue weighted by Gasteiger charge is -2.01. The molecule has 0 bridgehead atoms. The minimum Gasteiger partial charge on any atom is -0.508 e. The van der Waals surface area contributed by atoms with Crippen LogP contribution in [0.2, 0.25) is 10.0 Å². The summed E-state index contributed by atoms with van der Waals surface area (Å²) >= 11 is 11.5. The maximum Gasteiger partial charge on any atom is 0.328 e. The van der Waals surface area contributed by atoms with Crippen molar-refractivity contribution in [2.45, 2.75) is 0 Å². The molecule has 0 saturated heterocycles. The lowest BCUT2D eigenvalue weighted by atomic mass is 10.2. The van der Waals surface area contributed by atoms with Gasteiger partial charge < -0.3 is 10.2 Å². The fourth-order valence-corrected chi connectivity index (χ4v) is 1.49. The summed E-state index contributed by atoms with van der Waals surface area (Å²) in [6.07, 6.45) is 2.19. The van der Waals surface area contributed by atoms with Gasteiger partial charge in [-0.15, -0.1) is 0 Å². The maximum atomic E-state index is 10.2. The molecule has 0 heterocycles. The standard InChI is InChI=1S/C9H6Cl2O3/c10-7-3-5(12)4-8(11)6(7)1-2-9(13)14/h1-4,12H,(H,13,14)/b2-1+. The van der Waals surface area contributed by atoms with E-state index in [4.69, 9.17) is 33.4 Å². The highest BCUT2D eigenvalue weighted by molar-refractivity contribution is 6.37. The van der Waals surface area contributed by atoms with Gasteiger partial charge >= 0.3 is 5.97 Å². The molecule has 0 aromatic heterocycles. The summed E-state index contributed by atoms with van der Waals surface area (Å²) in [4.78, 5) is 10.2. The second kappa shape index (κ2) is 4.35. The first-order valence-electron chi connectivity index (χ1n) is 3.59. The van der Waals surface area contributed by atoms with Crippen LogP contribution in [0.15, 0.2) is 18.2 Å². The Morgan fingerprint density at radius 2 is 1.79 bits per heavy atom. The van der Waals surface area contributed by atoms with Crippen LogP contribution in [0.3, 0.4) is 0 Å². The largest absolute Gasteiger partial charge is 0.508 e. The van der Waals surface area contributed by atoms with Crippen molar-refractivity contribution >= 4 is 35.2 Å². The Balaban J connectivity index is 3.15. The predicted octanol–water partition coefficient (Wildman–Crippen LogP) is 2.80. The number of carbonyl (C=O) groups is 1. The van der Waals surface area contributed by atoms with Crippen LogP contribution in [0.5, 0.6) is 5.75 Å². The molecular weight excluding hydrogens is 227 g/mol. The van der Waals surface area contributed by atoms with E-state index in [1.807, 2.05) is 0 Å². The molecule has 0 fully saturated rings. The molecule has 2 N–H and O–H groups in total. The van der Waals surface area contributed by atoms with E-state index in [0.29, 0.717) is 5.56 Å². The van der Waals surface area contributed by atoms with E-state index >= 15 is 0 Å². The summed E-state index contributed by atoms with van der Waals surface area (Å²) < 4.78 is 0. The number of aliphatic carboxylic acids is 1. The van der Waals surface area contributed by atoms with Gasteiger partial charge in [-0.3, -0.25) is 0 Å². The monoisotopic (exact) mass is 232 g/mol. The van der Waals surface area contributed by atoms with Crippen molar-refractivity contribution in [1.82, 2.24) is 0 Å². The van der Waals surface area contributed by atoms with Crippen LogP contribution in [-0.2, 0) is 4.79 Å². The molecule has 0 spiro atoms. The fraction of sp³-hybridized carbons (Fsp3) is 0. The van der Waals surface area contributed by atoms with Gasteiger partial charge in [0.15, 0.2) is 0 Å². The zero-order chi connectivity index (χ0) is 10.7. The number of halogens is 2. The quantitative estimate of drug-likeness (QED) is 0.772. The Bertz CT molecular complexity index is 376. The predicted molar refractivity (Wildman–Crippen MR) is 54.8 cm³/mol. The van der Waals surface area contributed by atoms with Crippen molar-refractivity contribution in [1.29, 1.82) is 0 Å². The van der Waals surface area contributed by atoms with Gasteiger partial charge in [-0.2, -0.15) is 0 Å². The number of hydrogen-bond donors (Lipinski definition) is 2. The minimum absolute atomic E-state index is 0.0625. The highest BCUT2D eigenvalue weighted by atomic mass is 35.5. The molecule has 3 nitrogen and oxygen atoms in total. The molecule has 0 amide bonds. The molecule has 1 aromatic carbocycles. The van der Waals surface area contributed by atoms with E-state index in [9.17, 15) is 4.79 Å². The van der Waals surface area contributed by atoms with Gasteiger partial charge in [-0.05, 0) is 18.2 Å². The number of hydrogen-bond acceptors (Lipinski definition) is 2. The van der Waals surface area contributed by atoms with Gasteiger partial charge in [0.25, 0.3) is 0 Å². The van der Waals surface area contributed by atoms with E-state index in [1.165, 1.54) is 18.2 Å². The van der Waals surface area contributed by atoms with Gasteiger partial charge in [-0.25, -0.2) is 4.79 Å². The summed E-state index contributed by atoms with van der Waals surface area (Å²) in [7, 11) is 0. The Kier molecular flexibility index (Phi) is 3.38. The molecule has 14 heavy (non-hydrogen) atoms. The first kappa shape index (κ1) is 10.9. The van der Waals surface area contributed by atoms with Gasteiger partial charge in [0, 0.05) is 11.6 Å². The molecule has 1 aromatic rings. The van der Waals surface area contributed by atoms with Crippen molar-refractivity contribution in [2.75, 3.05) is 0 Å². The zero-order valence-electron chi connectivity index (χ0n) is 6.87. The number of phenolic OH excluding ortho intramolecular Hbond substituents is 1. The fourth-order valence-electron chi connectivity index (χ4n) is 0.885. The van der Waals surface area contributed by atoms with Crippen molar-refractivity contribution in [3.8, 4) is 5.75 Å². The Morgan fingerprint density at radius 3 is 2.21 bits per heavy atom. The molecular formula is C9H6Cl2O3. The summed E-state index contributed by atoms with van der Waals surface area (Å²) in [6.45, 7) is 0. The van der Waals surface area contributed by atoms with Crippen LogP contribution in [-0.4, -0.2) is 16.2 Å². The minimum atomic E-state index is -1.09. The molecule has 74 valence electrons. The molecule has 0 aliphatic rings. The van der Waals surface area contributed by atoms with Gasteiger partial charge in [0.05, 0.1) is 10.0 Å². The first-order valence-corrected chi connectivity index (χ1v) is 4.35. The summed E-state index contributed by atoms with van der Waals surface area (Å²) in [5.74, 6) is -1.15. The molecule has 1 rings (SSSR count). The molecule has 0 atom stereocenters. The number of benzene rings is 1. The molecule has 5 heteroatoms. The van der Waals surface area contributed by atoms with Crippen LogP contribution in [0.1, 0.15) is 5.56 Å². The van der Waals surface area contributed by atoms with Crippen LogP contribution in [0.4, 0.5) is 0 Å². The number of rotatable bonds is 2. The Morgan fingerprint density at radius 1 is 1.29 bits per heavy atom. The normalized spacial score (nSPS) is 10.7. The first-order chi connectivity index (χ1) is 6.50.